The molecular formula is C20H22FN7O2. The van der Waals surface area contributed by atoms with E-state index < -0.39 is 5.91 Å². The number of carbonyl (C=O) groups excluding carboxylic acids is 2. The Kier molecular flexibility index (Phi) is 5.66. The molecule has 2 amide bonds. The van der Waals surface area contributed by atoms with Crippen molar-refractivity contribution in [3.8, 4) is 0 Å². The maximum atomic E-state index is 13.4. The zero-order valence-corrected chi connectivity index (χ0v) is 16.5. The van der Waals surface area contributed by atoms with E-state index in [1.54, 1.807) is 19.1 Å². The van der Waals surface area contributed by atoms with Crippen LogP contribution in [0.3, 0.4) is 0 Å². The number of nitrogens with one attached hydrogen (secondary N) is 3. The molecule has 0 spiro atoms. The van der Waals surface area contributed by atoms with Crippen LogP contribution in [0.15, 0.2) is 30.6 Å². The van der Waals surface area contributed by atoms with Crippen molar-refractivity contribution in [3.63, 3.8) is 0 Å². The number of hydrogen-bond donors (Lipinski definition) is 3. The molecule has 1 aromatic carbocycles. The Labute approximate surface area is 172 Å². The maximum absolute atomic E-state index is 13.4. The van der Waals surface area contributed by atoms with Crippen molar-refractivity contribution in [1.82, 2.24) is 35.5 Å². The molecule has 3 aromatic rings. The molecule has 1 fully saturated rings. The van der Waals surface area contributed by atoms with Gasteiger partial charge in [0.15, 0.2) is 0 Å². The first-order valence-electron chi connectivity index (χ1n) is 9.74. The van der Waals surface area contributed by atoms with Crippen LogP contribution in [-0.2, 0) is 6.54 Å². The number of rotatable bonds is 6. The van der Waals surface area contributed by atoms with Crippen molar-refractivity contribution < 1.29 is 14.0 Å². The van der Waals surface area contributed by atoms with E-state index in [1.165, 1.54) is 23.0 Å². The molecule has 0 aliphatic carbocycles. The standard InChI is InChI=1S/C20H22FN7O2/c1-12-6-13(2-3-15(12)21)9-23-18(29)16-7-17(28-20(27-16)25-11-26-28)19(30)24-10-14-4-5-22-8-14/h2-3,6-7,11,14,22H,4-5,8-10H2,1H3,(H,23,29)(H,24,30). The molecule has 2 aromatic heterocycles. The van der Waals surface area contributed by atoms with E-state index >= 15 is 0 Å². The Morgan fingerprint density at radius 1 is 1.27 bits per heavy atom. The zero-order valence-electron chi connectivity index (χ0n) is 16.5. The lowest BCUT2D eigenvalue weighted by Gasteiger charge is -2.11. The average molecular weight is 411 g/mol. The molecule has 9 nitrogen and oxygen atoms in total. The molecule has 30 heavy (non-hydrogen) atoms. The minimum Gasteiger partial charge on any atom is -0.350 e. The minimum atomic E-state index is -0.462. The number of carbonyl (C=O) groups is 2. The van der Waals surface area contributed by atoms with Gasteiger partial charge in [-0.3, -0.25) is 9.59 Å². The lowest BCUT2D eigenvalue weighted by molar-refractivity contribution is 0.0940. The molecule has 4 rings (SSSR count). The number of benzene rings is 1. The van der Waals surface area contributed by atoms with Gasteiger partial charge in [0.25, 0.3) is 17.6 Å². The molecule has 156 valence electrons. The number of aryl methyl sites for hydroxylation is 1. The van der Waals surface area contributed by atoms with Crippen LogP contribution in [0.2, 0.25) is 0 Å². The number of halogens is 1. The predicted octanol–water partition coefficient (Wildman–Crippen LogP) is 0.841. The van der Waals surface area contributed by atoms with Crippen molar-refractivity contribution in [2.75, 3.05) is 19.6 Å². The van der Waals surface area contributed by atoms with Gasteiger partial charge in [-0.25, -0.2) is 9.37 Å². The normalized spacial score (nSPS) is 16.0. The number of fused-ring (bicyclic) bond motifs is 1. The Morgan fingerprint density at radius 3 is 2.90 bits per heavy atom. The molecule has 1 aliphatic heterocycles. The molecule has 10 heteroatoms. The highest BCUT2D eigenvalue weighted by molar-refractivity contribution is 5.98. The minimum absolute atomic E-state index is 0.0574. The fourth-order valence-corrected chi connectivity index (χ4v) is 3.40. The number of amides is 2. The highest BCUT2D eigenvalue weighted by atomic mass is 19.1. The second kappa shape index (κ2) is 8.54. The summed E-state index contributed by atoms with van der Waals surface area (Å²) in [6, 6.07) is 6.03. The lowest BCUT2D eigenvalue weighted by atomic mass is 10.1. The van der Waals surface area contributed by atoms with Gasteiger partial charge in [0.05, 0.1) is 0 Å². The van der Waals surface area contributed by atoms with Gasteiger partial charge in [-0.2, -0.15) is 14.6 Å². The summed E-state index contributed by atoms with van der Waals surface area (Å²) >= 11 is 0. The molecule has 1 aliphatic rings. The highest BCUT2D eigenvalue weighted by Gasteiger charge is 2.20. The van der Waals surface area contributed by atoms with Gasteiger partial charge in [-0.05, 0) is 49.5 Å². The Balaban J connectivity index is 1.49. The van der Waals surface area contributed by atoms with Crippen molar-refractivity contribution in [2.45, 2.75) is 19.9 Å². The van der Waals surface area contributed by atoms with E-state index in [9.17, 15) is 14.0 Å². The number of hydrogen-bond acceptors (Lipinski definition) is 6. The van der Waals surface area contributed by atoms with Crippen LogP contribution in [0.4, 0.5) is 4.39 Å². The summed E-state index contributed by atoms with van der Waals surface area (Å²) in [5, 5.41) is 12.9. The van der Waals surface area contributed by atoms with E-state index in [4.69, 9.17) is 0 Å². The predicted molar refractivity (Wildman–Crippen MR) is 106 cm³/mol. The summed E-state index contributed by atoms with van der Waals surface area (Å²) in [4.78, 5) is 33.6. The Bertz CT molecular complexity index is 1090. The third kappa shape index (κ3) is 4.28. The molecule has 0 bridgehead atoms. The van der Waals surface area contributed by atoms with E-state index in [0.717, 1.165) is 25.1 Å². The molecule has 1 saturated heterocycles. The Hall–Kier alpha value is -3.40. The highest BCUT2D eigenvalue weighted by Crippen LogP contribution is 2.11. The van der Waals surface area contributed by atoms with Crippen LogP contribution < -0.4 is 16.0 Å². The van der Waals surface area contributed by atoms with Gasteiger partial charge < -0.3 is 16.0 Å². The van der Waals surface area contributed by atoms with Gasteiger partial charge in [-0.15, -0.1) is 0 Å². The van der Waals surface area contributed by atoms with Crippen LogP contribution in [0, 0.1) is 18.7 Å². The lowest BCUT2D eigenvalue weighted by Crippen LogP contribution is -2.32. The van der Waals surface area contributed by atoms with Crippen molar-refractivity contribution in [1.29, 1.82) is 0 Å². The Morgan fingerprint density at radius 2 is 2.13 bits per heavy atom. The van der Waals surface area contributed by atoms with E-state index in [-0.39, 0.29) is 35.4 Å². The monoisotopic (exact) mass is 411 g/mol. The van der Waals surface area contributed by atoms with Crippen LogP contribution in [0.1, 0.15) is 38.5 Å². The van der Waals surface area contributed by atoms with Crippen LogP contribution in [0.25, 0.3) is 5.78 Å². The molecule has 0 saturated carbocycles. The van der Waals surface area contributed by atoms with Gasteiger partial charge in [0.2, 0.25) is 0 Å². The SMILES string of the molecule is Cc1cc(CNC(=O)c2cc(C(=O)NCC3CCNC3)n3ncnc3n2)ccc1F. The second-order valence-electron chi connectivity index (χ2n) is 7.33. The van der Waals surface area contributed by atoms with Crippen LogP contribution >= 0.6 is 0 Å². The summed E-state index contributed by atoms with van der Waals surface area (Å²) in [7, 11) is 0. The topological polar surface area (TPSA) is 113 Å². The molecule has 3 heterocycles. The van der Waals surface area contributed by atoms with Gasteiger partial charge >= 0.3 is 0 Å². The molecule has 1 atom stereocenters. The third-order valence-corrected chi connectivity index (χ3v) is 5.11. The second-order valence-corrected chi connectivity index (χ2v) is 7.33. The summed E-state index contributed by atoms with van der Waals surface area (Å²) < 4.78 is 14.7. The number of nitrogens with zero attached hydrogens (tertiary/aromatic N) is 4. The van der Waals surface area contributed by atoms with Crippen molar-refractivity contribution in [2.24, 2.45) is 5.92 Å². The van der Waals surface area contributed by atoms with E-state index in [1.807, 2.05) is 0 Å². The summed E-state index contributed by atoms with van der Waals surface area (Å²) in [5.74, 6) is -0.565. The summed E-state index contributed by atoms with van der Waals surface area (Å²) in [5.41, 5.74) is 1.50. The zero-order chi connectivity index (χ0) is 21.1. The molecule has 3 N–H and O–H groups in total. The van der Waals surface area contributed by atoms with Gasteiger partial charge in [0, 0.05) is 19.2 Å². The molecule has 0 radical (unpaired) electrons. The summed E-state index contributed by atoms with van der Waals surface area (Å²) in [6.07, 6.45) is 2.29. The first kappa shape index (κ1) is 19.9. The van der Waals surface area contributed by atoms with Crippen molar-refractivity contribution in [3.05, 3.63) is 58.9 Å². The van der Waals surface area contributed by atoms with E-state index in [0.29, 0.717) is 18.0 Å². The van der Waals surface area contributed by atoms with Gasteiger partial charge in [-0.1, -0.05) is 12.1 Å². The average Bonchev–Trinajstić information content (AvgIpc) is 3.43. The van der Waals surface area contributed by atoms with Gasteiger partial charge in [0.1, 0.15) is 23.5 Å². The first-order valence-corrected chi connectivity index (χ1v) is 9.74. The molecule has 1 unspecified atom stereocenters. The summed E-state index contributed by atoms with van der Waals surface area (Å²) in [6.45, 7) is 4.21. The quantitative estimate of drug-likeness (QED) is 0.554. The largest absolute Gasteiger partial charge is 0.350 e. The smallest absolute Gasteiger partial charge is 0.270 e. The third-order valence-electron chi connectivity index (χ3n) is 5.11. The van der Waals surface area contributed by atoms with Crippen molar-refractivity contribution >= 4 is 17.6 Å². The van der Waals surface area contributed by atoms with Crippen LogP contribution in [0.5, 0.6) is 0 Å². The number of aromatic nitrogens is 4. The maximum Gasteiger partial charge on any atom is 0.270 e. The molecular weight excluding hydrogens is 389 g/mol. The fourth-order valence-electron chi connectivity index (χ4n) is 3.40. The fraction of sp³-hybridized carbons (Fsp3) is 0.350. The van der Waals surface area contributed by atoms with E-state index in [2.05, 4.69) is 31.0 Å². The van der Waals surface area contributed by atoms with Crippen LogP contribution in [-0.4, -0.2) is 51.0 Å². The first-order chi connectivity index (χ1) is 14.5.